The van der Waals surface area contributed by atoms with E-state index >= 15 is 0 Å². The highest BCUT2D eigenvalue weighted by Gasteiger charge is 2.36. The summed E-state index contributed by atoms with van der Waals surface area (Å²) in [5, 5.41) is 2.81. The summed E-state index contributed by atoms with van der Waals surface area (Å²) in [6.45, 7) is 0.758. The zero-order valence-electron chi connectivity index (χ0n) is 12.0. The van der Waals surface area contributed by atoms with Crippen molar-refractivity contribution < 1.29 is 13.2 Å². The molecule has 1 amide bonds. The molecule has 22 heavy (non-hydrogen) atoms. The predicted octanol–water partition coefficient (Wildman–Crippen LogP) is 0.732. The number of carbonyl (C=O) groups is 1. The quantitative estimate of drug-likeness (QED) is 0.886. The molecule has 1 saturated heterocycles. The molecule has 0 aliphatic carbocycles. The highest BCUT2D eigenvalue weighted by molar-refractivity contribution is 7.88. The number of nitrogens with one attached hydrogen (secondary N) is 1. The molecule has 0 radical (unpaired) electrons. The van der Waals surface area contributed by atoms with Crippen molar-refractivity contribution in [3.05, 3.63) is 23.8 Å². The summed E-state index contributed by atoms with van der Waals surface area (Å²) in [5.41, 5.74) is 2.55. The van der Waals surface area contributed by atoms with E-state index in [0.717, 1.165) is 34.6 Å². The lowest BCUT2D eigenvalue weighted by Crippen LogP contribution is -2.45. The second-order valence-electron chi connectivity index (χ2n) is 5.34. The number of fused-ring (bicyclic) bond motifs is 1. The van der Waals surface area contributed by atoms with Gasteiger partial charge in [-0.25, -0.2) is 8.42 Å². The smallest absolute Gasteiger partial charge is 0.238 e. The third kappa shape index (κ3) is 3.11. The summed E-state index contributed by atoms with van der Waals surface area (Å²) in [5.74, 6) is -0.251. The largest absolute Gasteiger partial charge is 0.351 e. The maximum Gasteiger partial charge on any atom is 0.238 e. The number of sulfonamides is 1. The summed E-state index contributed by atoms with van der Waals surface area (Å²) < 4.78 is 32.9. The monoisotopic (exact) mass is 340 g/mol. The Balaban J connectivity index is 1.66. The summed E-state index contributed by atoms with van der Waals surface area (Å²) in [7, 11) is -3.35. The molecule has 0 saturated carbocycles. The molecule has 1 fully saturated rings. The third-order valence-corrected chi connectivity index (χ3v) is 5.56. The average Bonchev–Trinajstić information content (AvgIpc) is 3.12. The highest BCUT2D eigenvalue weighted by atomic mass is 32.2. The summed E-state index contributed by atoms with van der Waals surface area (Å²) in [4.78, 5) is 12.2. The Kier molecular flexibility index (Phi) is 4.11. The van der Waals surface area contributed by atoms with Crippen LogP contribution in [0.5, 0.6) is 0 Å². The van der Waals surface area contributed by atoms with Gasteiger partial charge in [-0.3, -0.25) is 4.79 Å². The summed E-state index contributed by atoms with van der Waals surface area (Å²) >= 11 is 1.15. The van der Waals surface area contributed by atoms with E-state index in [-0.39, 0.29) is 5.91 Å². The van der Waals surface area contributed by atoms with Crippen molar-refractivity contribution in [2.75, 3.05) is 12.8 Å². The number of carbonyl (C=O) groups excluding carboxylic acids is 1. The van der Waals surface area contributed by atoms with Crippen LogP contribution in [-0.2, 0) is 21.4 Å². The van der Waals surface area contributed by atoms with Crippen LogP contribution in [0.4, 0.5) is 0 Å². The fraction of sp³-hybridized carbons (Fsp3) is 0.462. The van der Waals surface area contributed by atoms with Crippen LogP contribution in [0, 0.1) is 0 Å². The normalized spacial score (nSPS) is 19.6. The summed E-state index contributed by atoms with van der Waals surface area (Å²) in [6, 6.07) is 5.02. The van der Waals surface area contributed by atoms with Crippen molar-refractivity contribution in [1.29, 1.82) is 0 Å². The van der Waals surface area contributed by atoms with Gasteiger partial charge in [0.2, 0.25) is 15.9 Å². The second kappa shape index (κ2) is 5.90. The van der Waals surface area contributed by atoms with E-state index in [9.17, 15) is 13.2 Å². The number of benzene rings is 1. The molecule has 1 aromatic carbocycles. The lowest BCUT2D eigenvalue weighted by atomic mass is 10.2. The SMILES string of the molecule is CS(=O)(=O)N1CCC[C@H]1C(=O)NCc1ccc2nsnc2c1. The van der Waals surface area contributed by atoms with Crippen LogP contribution in [0.2, 0.25) is 0 Å². The van der Waals surface area contributed by atoms with Crippen LogP contribution < -0.4 is 5.32 Å². The molecule has 0 spiro atoms. The Bertz CT molecular complexity index is 802. The molecule has 7 nitrogen and oxygen atoms in total. The molecular weight excluding hydrogens is 324 g/mol. The topological polar surface area (TPSA) is 92.3 Å². The van der Waals surface area contributed by atoms with Gasteiger partial charge < -0.3 is 5.32 Å². The number of rotatable bonds is 4. The van der Waals surface area contributed by atoms with Gasteiger partial charge in [0, 0.05) is 13.1 Å². The average molecular weight is 340 g/mol. The first kappa shape index (κ1) is 15.3. The van der Waals surface area contributed by atoms with Crippen LogP contribution >= 0.6 is 11.7 Å². The van der Waals surface area contributed by atoms with Crippen molar-refractivity contribution in [2.45, 2.75) is 25.4 Å². The first-order valence-corrected chi connectivity index (χ1v) is 9.49. The fourth-order valence-corrected chi connectivity index (χ4v) is 4.29. The van der Waals surface area contributed by atoms with E-state index in [1.807, 2.05) is 18.2 Å². The van der Waals surface area contributed by atoms with Crippen LogP contribution in [0.25, 0.3) is 11.0 Å². The van der Waals surface area contributed by atoms with Gasteiger partial charge in [0.15, 0.2) is 0 Å². The first-order chi connectivity index (χ1) is 10.4. The molecule has 0 unspecified atom stereocenters. The van der Waals surface area contributed by atoms with E-state index in [1.54, 1.807) is 0 Å². The van der Waals surface area contributed by atoms with Crippen molar-refractivity contribution >= 4 is 38.7 Å². The summed E-state index contributed by atoms with van der Waals surface area (Å²) in [6.07, 6.45) is 2.41. The first-order valence-electron chi connectivity index (χ1n) is 6.91. The van der Waals surface area contributed by atoms with Gasteiger partial charge in [0.25, 0.3) is 0 Å². The maximum atomic E-state index is 12.2. The molecule has 2 aromatic rings. The minimum atomic E-state index is -3.35. The van der Waals surface area contributed by atoms with Gasteiger partial charge in [-0.05, 0) is 30.5 Å². The Morgan fingerprint density at radius 1 is 1.41 bits per heavy atom. The number of hydrogen-bond donors (Lipinski definition) is 1. The third-order valence-electron chi connectivity index (χ3n) is 3.72. The number of aromatic nitrogens is 2. The molecule has 1 aliphatic heterocycles. The van der Waals surface area contributed by atoms with Gasteiger partial charge in [0.05, 0.1) is 18.0 Å². The Labute approximate surface area is 132 Å². The van der Waals surface area contributed by atoms with Crippen molar-refractivity contribution in [3.8, 4) is 0 Å². The zero-order chi connectivity index (χ0) is 15.7. The molecule has 118 valence electrons. The molecule has 1 aromatic heterocycles. The second-order valence-corrected chi connectivity index (χ2v) is 7.80. The number of amides is 1. The fourth-order valence-electron chi connectivity index (χ4n) is 2.64. The molecule has 3 rings (SSSR count). The zero-order valence-corrected chi connectivity index (χ0v) is 13.7. The molecule has 0 bridgehead atoms. The molecular formula is C13H16N4O3S2. The van der Waals surface area contributed by atoms with Gasteiger partial charge >= 0.3 is 0 Å². The molecule has 1 atom stereocenters. The lowest BCUT2D eigenvalue weighted by Gasteiger charge is -2.21. The van der Waals surface area contributed by atoms with Gasteiger partial charge in [-0.2, -0.15) is 13.1 Å². The van der Waals surface area contributed by atoms with Gasteiger partial charge in [-0.1, -0.05) is 6.07 Å². The predicted molar refractivity (Wildman–Crippen MR) is 83.8 cm³/mol. The highest BCUT2D eigenvalue weighted by Crippen LogP contribution is 2.20. The van der Waals surface area contributed by atoms with E-state index in [1.165, 1.54) is 4.31 Å². The minimum absolute atomic E-state index is 0.251. The van der Waals surface area contributed by atoms with Gasteiger partial charge in [-0.15, -0.1) is 0 Å². The van der Waals surface area contributed by atoms with E-state index in [4.69, 9.17) is 0 Å². The molecule has 9 heteroatoms. The van der Waals surface area contributed by atoms with E-state index in [0.29, 0.717) is 25.9 Å². The lowest BCUT2D eigenvalue weighted by molar-refractivity contribution is -0.124. The van der Waals surface area contributed by atoms with Crippen molar-refractivity contribution in [3.63, 3.8) is 0 Å². The Hall–Kier alpha value is -1.58. The minimum Gasteiger partial charge on any atom is -0.351 e. The van der Waals surface area contributed by atoms with Crippen LogP contribution in [-0.4, -0.2) is 46.2 Å². The number of nitrogens with zero attached hydrogens (tertiary/aromatic N) is 3. The van der Waals surface area contributed by atoms with Crippen molar-refractivity contribution in [2.24, 2.45) is 0 Å². The van der Waals surface area contributed by atoms with Crippen LogP contribution in [0.15, 0.2) is 18.2 Å². The Morgan fingerprint density at radius 2 is 2.18 bits per heavy atom. The van der Waals surface area contributed by atoms with E-state index < -0.39 is 16.1 Å². The van der Waals surface area contributed by atoms with Gasteiger partial charge in [0.1, 0.15) is 17.1 Å². The molecule has 2 heterocycles. The van der Waals surface area contributed by atoms with Crippen LogP contribution in [0.3, 0.4) is 0 Å². The maximum absolute atomic E-state index is 12.2. The molecule has 1 N–H and O–H groups in total. The number of hydrogen-bond acceptors (Lipinski definition) is 6. The molecule has 1 aliphatic rings. The van der Waals surface area contributed by atoms with Crippen LogP contribution in [0.1, 0.15) is 18.4 Å². The van der Waals surface area contributed by atoms with Crippen molar-refractivity contribution in [1.82, 2.24) is 18.4 Å². The Morgan fingerprint density at radius 3 is 2.95 bits per heavy atom. The standard InChI is InChI=1S/C13H16N4O3S2/c1-22(19,20)17-6-2-3-12(17)13(18)14-8-9-4-5-10-11(7-9)16-21-15-10/h4-5,7,12H,2-3,6,8H2,1H3,(H,14,18)/t12-/m0/s1. The van der Waals surface area contributed by atoms with E-state index in [2.05, 4.69) is 14.1 Å².